The number of sulfonamides is 1. The van der Waals surface area contributed by atoms with E-state index in [2.05, 4.69) is 10.6 Å². The molecule has 0 radical (unpaired) electrons. The van der Waals surface area contributed by atoms with Crippen LogP contribution >= 0.6 is 12.2 Å². The third-order valence-corrected chi connectivity index (χ3v) is 4.88. The van der Waals surface area contributed by atoms with Crippen molar-refractivity contribution in [2.75, 3.05) is 0 Å². The number of aromatic hydroxyl groups is 1. The number of primary sulfonamides is 1. The standard InChI is InChI=1S/C17H19N3O5S2/c18-27(24,25)14-7-3-12(4-8-14)10-19-17(26)20-15(16(22)23)9-11-1-5-13(21)6-2-11/h1-8,15,21H,9-10H2,(H,22,23)(H2,18,24,25)(H2,19,20,26)/t15-/m1/s1. The van der Waals surface area contributed by atoms with Crippen LogP contribution in [0.2, 0.25) is 0 Å². The van der Waals surface area contributed by atoms with Crippen molar-refractivity contribution in [2.24, 2.45) is 5.14 Å². The molecule has 10 heteroatoms. The highest BCUT2D eigenvalue weighted by atomic mass is 32.2. The van der Waals surface area contributed by atoms with Crippen LogP contribution in [0.3, 0.4) is 0 Å². The first-order valence-corrected chi connectivity index (χ1v) is 9.77. The molecule has 0 saturated carbocycles. The molecule has 0 aromatic heterocycles. The summed E-state index contributed by atoms with van der Waals surface area (Å²) in [5, 5.41) is 29.4. The van der Waals surface area contributed by atoms with Crippen LogP contribution in [-0.4, -0.2) is 35.8 Å². The van der Waals surface area contributed by atoms with Crippen molar-refractivity contribution in [1.82, 2.24) is 10.6 Å². The molecule has 0 aliphatic carbocycles. The number of aliphatic carboxylic acids is 1. The van der Waals surface area contributed by atoms with E-state index in [9.17, 15) is 23.4 Å². The van der Waals surface area contributed by atoms with Crippen LogP contribution in [-0.2, 0) is 27.8 Å². The van der Waals surface area contributed by atoms with Gasteiger partial charge in [0.25, 0.3) is 0 Å². The van der Waals surface area contributed by atoms with E-state index < -0.39 is 22.0 Å². The van der Waals surface area contributed by atoms with E-state index in [0.29, 0.717) is 0 Å². The molecule has 6 N–H and O–H groups in total. The minimum Gasteiger partial charge on any atom is -0.508 e. The van der Waals surface area contributed by atoms with Gasteiger partial charge in [-0.1, -0.05) is 24.3 Å². The number of nitrogens with one attached hydrogen (secondary N) is 2. The highest BCUT2D eigenvalue weighted by Gasteiger charge is 2.19. The Morgan fingerprint density at radius 1 is 1.07 bits per heavy atom. The normalized spacial score (nSPS) is 12.2. The van der Waals surface area contributed by atoms with Crippen LogP contribution in [0, 0.1) is 0 Å². The summed E-state index contributed by atoms with van der Waals surface area (Å²) in [5.74, 6) is -0.964. The number of phenols is 1. The summed E-state index contributed by atoms with van der Waals surface area (Å²) in [6.45, 7) is 0.280. The molecule has 8 nitrogen and oxygen atoms in total. The summed E-state index contributed by atoms with van der Waals surface area (Å²) in [6, 6.07) is 11.2. The van der Waals surface area contributed by atoms with Gasteiger partial charge in [0.2, 0.25) is 10.0 Å². The molecule has 0 spiro atoms. The quantitative estimate of drug-likeness (QED) is 0.421. The lowest BCUT2D eigenvalue weighted by atomic mass is 10.1. The summed E-state index contributed by atoms with van der Waals surface area (Å²) < 4.78 is 22.5. The molecule has 0 saturated heterocycles. The van der Waals surface area contributed by atoms with Gasteiger partial charge >= 0.3 is 5.97 Å². The van der Waals surface area contributed by atoms with Crippen LogP contribution in [0.5, 0.6) is 5.75 Å². The van der Waals surface area contributed by atoms with Gasteiger partial charge in [-0.25, -0.2) is 18.4 Å². The van der Waals surface area contributed by atoms with Crippen LogP contribution in [0.25, 0.3) is 0 Å². The molecule has 2 aromatic carbocycles. The second-order valence-electron chi connectivity index (χ2n) is 5.78. The average molecular weight is 409 g/mol. The van der Waals surface area contributed by atoms with Crippen molar-refractivity contribution >= 4 is 33.3 Å². The highest BCUT2D eigenvalue weighted by molar-refractivity contribution is 7.89. The summed E-state index contributed by atoms with van der Waals surface area (Å²) in [5.41, 5.74) is 1.48. The molecular formula is C17H19N3O5S2. The zero-order valence-corrected chi connectivity index (χ0v) is 15.8. The Morgan fingerprint density at radius 3 is 2.15 bits per heavy atom. The number of carbonyl (C=O) groups is 1. The smallest absolute Gasteiger partial charge is 0.326 e. The van der Waals surface area contributed by atoms with Gasteiger partial charge in [0.1, 0.15) is 11.8 Å². The molecule has 0 amide bonds. The fraction of sp³-hybridized carbons (Fsp3) is 0.176. The molecule has 0 aliphatic heterocycles. The number of phenolic OH excluding ortho intramolecular Hbond substituents is 1. The lowest BCUT2D eigenvalue weighted by Gasteiger charge is -2.17. The maximum absolute atomic E-state index is 11.4. The Balaban J connectivity index is 1.92. The summed E-state index contributed by atoms with van der Waals surface area (Å²) in [4.78, 5) is 11.5. The molecule has 27 heavy (non-hydrogen) atoms. The van der Waals surface area contributed by atoms with Gasteiger partial charge in [-0.2, -0.15) is 0 Å². The monoisotopic (exact) mass is 409 g/mol. The van der Waals surface area contributed by atoms with Crippen LogP contribution in [0.1, 0.15) is 11.1 Å². The molecule has 0 heterocycles. The predicted octanol–water partition coefficient (Wildman–Crippen LogP) is 0.700. The SMILES string of the molecule is NS(=O)(=O)c1ccc(CNC(=S)N[C@H](Cc2ccc(O)cc2)C(=O)O)cc1. The minimum atomic E-state index is -3.75. The summed E-state index contributed by atoms with van der Waals surface area (Å²) in [7, 11) is -3.75. The number of hydrogen-bond donors (Lipinski definition) is 5. The minimum absolute atomic E-state index is 0.00629. The van der Waals surface area contributed by atoms with E-state index >= 15 is 0 Å². The van der Waals surface area contributed by atoms with Crippen LogP contribution in [0.4, 0.5) is 0 Å². The van der Waals surface area contributed by atoms with E-state index in [4.69, 9.17) is 17.4 Å². The number of rotatable bonds is 7. The van der Waals surface area contributed by atoms with Gasteiger partial charge in [-0.15, -0.1) is 0 Å². The van der Waals surface area contributed by atoms with E-state index in [1.165, 1.54) is 24.3 Å². The number of carboxylic acid groups (broad SMARTS) is 1. The van der Waals surface area contributed by atoms with E-state index in [1.807, 2.05) is 0 Å². The molecule has 0 aliphatic rings. The number of hydrogen-bond acceptors (Lipinski definition) is 5. The number of carboxylic acids is 1. The predicted molar refractivity (Wildman–Crippen MR) is 104 cm³/mol. The number of nitrogens with two attached hydrogens (primary N) is 1. The first-order chi connectivity index (χ1) is 12.6. The first-order valence-electron chi connectivity index (χ1n) is 7.82. The number of thiocarbonyl (C=S) groups is 1. The molecule has 2 rings (SSSR count). The lowest BCUT2D eigenvalue weighted by Crippen LogP contribution is -2.46. The van der Waals surface area contributed by atoms with Crippen LogP contribution < -0.4 is 15.8 Å². The Labute approximate surface area is 162 Å². The van der Waals surface area contributed by atoms with Crippen molar-refractivity contribution in [3.63, 3.8) is 0 Å². The van der Waals surface area contributed by atoms with E-state index in [0.717, 1.165) is 11.1 Å². The molecular weight excluding hydrogens is 390 g/mol. The largest absolute Gasteiger partial charge is 0.508 e. The van der Waals surface area contributed by atoms with Gasteiger partial charge in [0, 0.05) is 13.0 Å². The maximum atomic E-state index is 11.4. The van der Waals surface area contributed by atoms with Gasteiger partial charge in [0.15, 0.2) is 5.11 Å². The van der Waals surface area contributed by atoms with E-state index in [-0.39, 0.29) is 28.7 Å². The molecule has 144 valence electrons. The first kappa shape index (κ1) is 20.6. The summed E-state index contributed by atoms with van der Waals surface area (Å²) in [6.07, 6.45) is 0.181. The fourth-order valence-electron chi connectivity index (χ4n) is 2.26. The Morgan fingerprint density at radius 2 is 1.63 bits per heavy atom. The second kappa shape index (κ2) is 8.80. The van der Waals surface area contributed by atoms with Crippen molar-refractivity contribution in [3.8, 4) is 5.75 Å². The Bertz CT molecular complexity index is 913. The molecule has 0 bridgehead atoms. The van der Waals surface area contributed by atoms with Crippen molar-refractivity contribution in [3.05, 3.63) is 59.7 Å². The Kier molecular flexibility index (Phi) is 6.72. The fourth-order valence-corrected chi connectivity index (χ4v) is 2.99. The van der Waals surface area contributed by atoms with Crippen molar-refractivity contribution in [2.45, 2.75) is 23.9 Å². The zero-order valence-electron chi connectivity index (χ0n) is 14.1. The molecule has 1 atom stereocenters. The molecule has 0 unspecified atom stereocenters. The van der Waals surface area contributed by atoms with Gasteiger partial charge in [-0.05, 0) is 47.6 Å². The summed E-state index contributed by atoms with van der Waals surface area (Å²) >= 11 is 5.13. The topological polar surface area (TPSA) is 142 Å². The molecule has 0 fully saturated rings. The zero-order chi connectivity index (χ0) is 20.0. The highest BCUT2D eigenvalue weighted by Crippen LogP contribution is 2.12. The van der Waals surface area contributed by atoms with Gasteiger partial charge in [0.05, 0.1) is 4.90 Å². The number of benzene rings is 2. The van der Waals surface area contributed by atoms with Gasteiger partial charge in [-0.3, -0.25) is 0 Å². The Hall–Kier alpha value is -2.69. The lowest BCUT2D eigenvalue weighted by molar-refractivity contribution is -0.139. The third-order valence-electron chi connectivity index (χ3n) is 3.68. The van der Waals surface area contributed by atoms with Crippen molar-refractivity contribution in [1.29, 1.82) is 0 Å². The maximum Gasteiger partial charge on any atom is 0.326 e. The van der Waals surface area contributed by atoms with Crippen molar-refractivity contribution < 1.29 is 23.4 Å². The average Bonchev–Trinajstić information content (AvgIpc) is 2.60. The van der Waals surface area contributed by atoms with E-state index in [1.54, 1.807) is 24.3 Å². The molecule has 2 aromatic rings. The third kappa shape index (κ3) is 6.51. The second-order valence-corrected chi connectivity index (χ2v) is 7.75. The van der Waals surface area contributed by atoms with Gasteiger partial charge < -0.3 is 20.8 Å². The van der Waals surface area contributed by atoms with Crippen LogP contribution in [0.15, 0.2) is 53.4 Å².